The number of carbonyl (C=O) groups is 1. The fraction of sp³-hybridized carbons (Fsp3) is 0.200. The minimum Gasteiger partial charge on any atom is -0.377 e. The smallest absolute Gasteiger partial charge is 0.269 e. The summed E-state index contributed by atoms with van der Waals surface area (Å²) in [6.07, 6.45) is 0.369. The number of hydrogen-bond acceptors (Lipinski definition) is 6. The highest BCUT2D eigenvalue weighted by molar-refractivity contribution is 8.15. The zero-order valence-electron chi connectivity index (χ0n) is 9.20. The fourth-order valence-corrected chi connectivity index (χ4v) is 2.38. The van der Waals surface area contributed by atoms with Crippen LogP contribution in [0.25, 0.3) is 0 Å². The predicted molar refractivity (Wildman–Crippen MR) is 67.9 cm³/mol. The third kappa shape index (κ3) is 2.77. The molecule has 1 unspecified atom stereocenters. The van der Waals surface area contributed by atoms with Gasteiger partial charge < -0.3 is 5.73 Å². The number of nitrogens with zero attached hydrogens (tertiary/aromatic N) is 2. The van der Waals surface area contributed by atoms with E-state index >= 15 is 0 Å². The Labute approximate surface area is 107 Å². The van der Waals surface area contributed by atoms with Gasteiger partial charge in [-0.3, -0.25) is 14.9 Å². The molecule has 0 fully saturated rings. The molecule has 94 valence electrons. The summed E-state index contributed by atoms with van der Waals surface area (Å²) in [6.45, 7) is 0. The van der Waals surface area contributed by atoms with Crippen molar-refractivity contribution in [3.05, 3.63) is 39.9 Å². The molecule has 1 atom stereocenters. The second kappa shape index (κ2) is 5.05. The van der Waals surface area contributed by atoms with E-state index in [1.165, 1.54) is 12.1 Å². The Morgan fingerprint density at radius 1 is 1.56 bits per heavy atom. The number of nitrogens with one attached hydrogen (secondary N) is 1. The first-order chi connectivity index (χ1) is 8.56. The van der Waals surface area contributed by atoms with Gasteiger partial charge in [-0.1, -0.05) is 23.9 Å². The van der Waals surface area contributed by atoms with Gasteiger partial charge >= 0.3 is 0 Å². The Morgan fingerprint density at radius 3 is 3.06 bits per heavy atom. The molecule has 0 bridgehead atoms. The average molecular weight is 266 g/mol. The van der Waals surface area contributed by atoms with Crippen molar-refractivity contribution < 1.29 is 9.72 Å². The number of nitro benzene ring substituents is 1. The van der Waals surface area contributed by atoms with Gasteiger partial charge in [0.15, 0.2) is 5.17 Å². The van der Waals surface area contributed by atoms with Gasteiger partial charge in [-0.15, -0.1) is 5.10 Å². The first-order valence-electron chi connectivity index (χ1n) is 5.09. The van der Waals surface area contributed by atoms with Crippen molar-refractivity contribution >= 4 is 28.5 Å². The standard InChI is InChI=1S/C10H10N4O3S/c11-10-13-12-9(15)8(18-10)5-6-2-1-3-7(4-6)14(16)17/h1-4,8H,5H2,(H2,11,13)(H,12,15). The van der Waals surface area contributed by atoms with Crippen molar-refractivity contribution in [2.45, 2.75) is 11.7 Å². The van der Waals surface area contributed by atoms with Crippen molar-refractivity contribution in [1.29, 1.82) is 0 Å². The number of thioether (sulfide) groups is 1. The lowest BCUT2D eigenvalue weighted by Crippen LogP contribution is -2.38. The zero-order valence-corrected chi connectivity index (χ0v) is 10.0. The molecule has 0 saturated heterocycles. The molecule has 0 spiro atoms. The number of rotatable bonds is 3. The summed E-state index contributed by atoms with van der Waals surface area (Å²) in [6, 6.07) is 6.20. The summed E-state index contributed by atoms with van der Waals surface area (Å²) in [4.78, 5) is 21.7. The summed E-state index contributed by atoms with van der Waals surface area (Å²) in [5, 5.41) is 14.1. The number of benzene rings is 1. The van der Waals surface area contributed by atoms with E-state index in [1.54, 1.807) is 12.1 Å². The second-order valence-corrected chi connectivity index (χ2v) is 4.89. The Hall–Kier alpha value is -2.09. The number of carbonyl (C=O) groups excluding carboxylic acids is 1. The van der Waals surface area contributed by atoms with Crippen LogP contribution < -0.4 is 11.2 Å². The first kappa shape index (κ1) is 12.4. The van der Waals surface area contributed by atoms with Crippen LogP contribution in [0.2, 0.25) is 0 Å². The number of amides is 1. The average Bonchev–Trinajstić information content (AvgIpc) is 2.34. The Kier molecular flexibility index (Phi) is 3.47. The van der Waals surface area contributed by atoms with Gasteiger partial charge in [0.2, 0.25) is 0 Å². The summed E-state index contributed by atoms with van der Waals surface area (Å²) in [7, 11) is 0. The molecular formula is C10H10N4O3S. The molecule has 0 radical (unpaired) electrons. The third-order valence-electron chi connectivity index (χ3n) is 2.37. The van der Waals surface area contributed by atoms with Crippen LogP contribution in [0.3, 0.4) is 0 Å². The van der Waals surface area contributed by atoms with Crippen molar-refractivity contribution in [2.24, 2.45) is 10.8 Å². The zero-order chi connectivity index (χ0) is 13.1. The Bertz CT molecular complexity index is 532. The molecular weight excluding hydrogens is 256 g/mol. The monoisotopic (exact) mass is 266 g/mol. The van der Waals surface area contributed by atoms with Crippen molar-refractivity contribution in [3.63, 3.8) is 0 Å². The summed E-state index contributed by atoms with van der Waals surface area (Å²) in [5.74, 6) is -0.249. The minimum absolute atomic E-state index is 0.00959. The summed E-state index contributed by atoms with van der Waals surface area (Å²) >= 11 is 1.15. The van der Waals surface area contributed by atoms with Crippen LogP contribution in [0.5, 0.6) is 0 Å². The van der Waals surface area contributed by atoms with Gasteiger partial charge in [0.05, 0.1) is 10.2 Å². The molecule has 0 saturated carbocycles. The van der Waals surface area contributed by atoms with Crippen LogP contribution in [0, 0.1) is 10.1 Å². The second-order valence-electron chi connectivity index (χ2n) is 3.66. The highest BCUT2D eigenvalue weighted by atomic mass is 32.2. The lowest BCUT2D eigenvalue weighted by molar-refractivity contribution is -0.384. The van der Waals surface area contributed by atoms with Crippen molar-refractivity contribution in [1.82, 2.24) is 5.43 Å². The van der Waals surface area contributed by atoms with Crippen molar-refractivity contribution in [2.75, 3.05) is 0 Å². The number of hydrogen-bond donors (Lipinski definition) is 2. The Balaban J connectivity index is 2.14. The molecule has 2 rings (SSSR count). The normalized spacial score (nSPS) is 19.0. The molecule has 3 N–H and O–H groups in total. The van der Waals surface area contributed by atoms with Crippen molar-refractivity contribution in [3.8, 4) is 0 Å². The number of hydrazone groups is 1. The van der Waals surface area contributed by atoms with Gasteiger partial charge in [0.25, 0.3) is 11.6 Å². The highest BCUT2D eigenvalue weighted by Gasteiger charge is 2.25. The molecule has 18 heavy (non-hydrogen) atoms. The quantitative estimate of drug-likeness (QED) is 0.614. The highest BCUT2D eigenvalue weighted by Crippen LogP contribution is 2.21. The summed E-state index contributed by atoms with van der Waals surface area (Å²) in [5.41, 5.74) is 8.54. The molecule has 1 heterocycles. The number of non-ortho nitro benzene ring substituents is 1. The van der Waals surface area contributed by atoms with Crippen LogP contribution in [0.1, 0.15) is 5.56 Å². The maximum Gasteiger partial charge on any atom is 0.269 e. The maximum absolute atomic E-state index is 11.5. The topological polar surface area (TPSA) is 111 Å². The third-order valence-corrected chi connectivity index (χ3v) is 3.37. The number of nitro groups is 1. The van der Waals surface area contributed by atoms with Crippen LogP contribution >= 0.6 is 11.8 Å². The van der Waals surface area contributed by atoms with E-state index in [2.05, 4.69) is 10.5 Å². The number of nitrogens with two attached hydrogens (primary N) is 1. The Morgan fingerprint density at radius 2 is 2.33 bits per heavy atom. The molecule has 1 aromatic carbocycles. The minimum atomic E-state index is -0.465. The lowest BCUT2D eigenvalue weighted by Gasteiger charge is -2.18. The maximum atomic E-state index is 11.5. The number of amidine groups is 1. The molecule has 7 nitrogen and oxygen atoms in total. The molecule has 1 aromatic rings. The van der Waals surface area contributed by atoms with E-state index in [9.17, 15) is 14.9 Å². The lowest BCUT2D eigenvalue weighted by atomic mass is 10.1. The van der Waals surface area contributed by atoms with Gasteiger partial charge in [0.1, 0.15) is 0 Å². The van der Waals surface area contributed by atoms with Crippen LogP contribution in [-0.2, 0) is 11.2 Å². The molecule has 0 aromatic heterocycles. The van der Waals surface area contributed by atoms with Crippen LogP contribution in [-0.4, -0.2) is 21.2 Å². The van der Waals surface area contributed by atoms with Gasteiger partial charge in [-0.25, -0.2) is 5.43 Å². The van der Waals surface area contributed by atoms with Crippen LogP contribution in [0.4, 0.5) is 5.69 Å². The van der Waals surface area contributed by atoms with Crippen LogP contribution in [0.15, 0.2) is 29.4 Å². The molecule has 8 heteroatoms. The van der Waals surface area contributed by atoms with Gasteiger partial charge in [0, 0.05) is 12.1 Å². The summed E-state index contributed by atoms with van der Waals surface area (Å²) < 4.78 is 0. The van der Waals surface area contributed by atoms with E-state index in [-0.39, 0.29) is 16.8 Å². The molecule has 1 aliphatic rings. The predicted octanol–water partition coefficient (Wildman–Crippen LogP) is 0.599. The molecule has 1 aliphatic heterocycles. The van der Waals surface area contributed by atoms with Gasteiger partial charge in [-0.2, -0.15) is 0 Å². The van der Waals surface area contributed by atoms with E-state index in [4.69, 9.17) is 5.73 Å². The van der Waals surface area contributed by atoms with Gasteiger partial charge in [-0.05, 0) is 12.0 Å². The van der Waals surface area contributed by atoms with E-state index in [1.807, 2.05) is 0 Å². The first-order valence-corrected chi connectivity index (χ1v) is 5.97. The SMILES string of the molecule is NC1=NNC(=O)C(Cc2cccc([N+](=O)[O-])c2)S1. The fourth-order valence-electron chi connectivity index (χ4n) is 1.55. The molecule has 0 aliphatic carbocycles. The van der Waals surface area contributed by atoms with E-state index in [0.717, 1.165) is 11.8 Å². The van der Waals surface area contributed by atoms with E-state index in [0.29, 0.717) is 12.0 Å². The van der Waals surface area contributed by atoms with E-state index < -0.39 is 10.2 Å². The largest absolute Gasteiger partial charge is 0.377 e. The molecule has 1 amide bonds.